The van der Waals surface area contributed by atoms with Gasteiger partial charge in [0, 0.05) is 32.6 Å². The zero-order valence-corrected chi connectivity index (χ0v) is 13.9. The van der Waals surface area contributed by atoms with Gasteiger partial charge < -0.3 is 15.0 Å². The Morgan fingerprint density at radius 2 is 2.17 bits per heavy atom. The van der Waals surface area contributed by atoms with Crippen molar-refractivity contribution in [1.82, 2.24) is 10.2 Å². The highest BCUT2D eigenvalue weighted by Gasteiger charge is 2.31. The molecule has 1 fully saturated rings. The molecule has 0 aromatic heterocycles. The second-order valence-corrected chi connectivity index (χ2v) is 6.10. The highest BCUT2D eigenvalue weighted by Crippen LogP contribution is 2.24. The Balaban J connectivity index is 1.93. The summed E-state index contributed by atoms with van der Waals surface area (Å²) >= 11 is 0. The molecule has 1 amide bonds. The number of piperidine rings is 1. The van der Waals surface area contributed by atoms with Crippen molar-refractivity contribution in [3.05, 3.63) is 29.8 Å². The van der Waals surface area contributed by atoms with E-state index in [4.69, 9.17) is 0 Å². The maximum atomic E-state index is 12.3. The van der Waals surface area contributed by atoms with Gasteiger partial charge in [-0.2, -0.15) is 0 Å². The van der Waals surface area contributed by atoms with Gasteiger partial charge in [0.2, 0.25) is 5.91 Å². The second-order valence-electron chi connectivity index (χ2n) is 6.10. The molecule has 1 aromatic rings. The van der Waals surface area contributed by atoms with Gasteiger partial charge >= 0.3 is 6.36 Å². The predicted molar refractivity (Wildman–Crippen MR) is 84.4 cm³/mol. The second kappa shape index (κ2) is 7.88. The Labute approximate surface area is 140 Å². The molecular formula is C17H23F3N2O2. The third-order valence-electron chi connectivity index (χ3n) is 4.40. The summed E-state index contributed by atoms with van der Waals surface area (Å²) in [6.45, 7) is 5.56. The van der Waals surface area contributed by atoms with E-state index in [0.29, 0.717) is 19.0 Å². The molecule has 0 saturated carbocycles. The molecule has 24 heavy (non-hydrogen) atoms. The van der Waals surface area contributed by atoms with Crippen molar-refractivity contribution < 1.29 is 22.7 Å². The Hall–Kier alpha value is -1.76. The number of benzene rings is 1. The molecule has 1 heterocycles. The number of carbonyl (C=O) groups is 1. The van der Waals surface area contributed by atoms with Gasteiger partial charge in [-0.25, -0.2) is 0 Å². The zero-order chi connectivity index (χ0) is 17.7. The van der Waals surface area contributed by atoms with Crippen LogP contribution in [0.4, 0.5) is 13.2 Å². The molecule has 1 N–H and O–H groups in total. The van der Waals surface area contributed by atoms with Gasteiger partial charge in [0.1, 0.15) is 5.75 Å². The van der Waals surface area contributed by atoms with Gasteiger partial charge in [-0.05, 0) is 30.0 Å². The lowest BCUT2D eigenvalue weighted by Gasteiger charge is -2.38. The van der Waals surface area contributed by atoms with Gasteiger partial charge in [-0.3, -0.25) is 4.79 Å². The first-order valence-electron chi connectivity index (χ1n) is 8.12. The SMILES string of the molecule is CC[C@@H]1CN(C(C)=O)CC[C@H]1NCc1cccc(OC(F)(F)F)c1. The van der Waals surface area contributed by atoms with E-state index in [1.165, 1.54) is 12.1 Å². The number of hydrogen-bond donors (Lipinski definition) is 1. The molecular weight excluding hydrogens is 321 g/mol. The number of alkyl halides is 3. The van der Waals surface area contributed by atoms with Crippen LogP contribution >= 0.6 is 0 Å². The average molecular weight is 344 g/mol. The Morgan fingerprint density at radius 3 is 2.79 bits per heavy atom. The van der Waals surface area contributed by atoms with Crippen LogP contribution in [0, 0.1) is 5.92 Å². The number of nitrogens with zero attached hydrogens (tertiary/aromatic N) is 1. The lowest BCUT2D eigenvalue weighted by atomic mass is 9.89. The normalized spacial score (nSPS) is 21.6. The lowest BCUT2D eigenvalue weighted by Crippen LogP contribution is -2.50. The molecule has 1 aliphatic heterocycles. The molecule has 134 valence electrons. The molecule has 4 nitrogen and oxygen atoms in total. The molecule has 0 spiro atoms. The molecule has 7 heteroatoms. The van der Waals surface area contributed by atoms with E-state index in [1.807, 2.05) is 4.90 Å². The van der Waals surface area contributed by atoms with Crippen LogP contribution in [0.1, 0.15) is 32.3 Å². The van der Waals surface area contributed by atoms with E-state index in [1.54, 1.807) is 19.1 Å². The van der Waals surface area contributed by atoms with E-state index in [2.05, 4.69) is 17.0 Å². The van der Waals surface area contributed by atoms with Crippen LogP contribution in [-0.4, -0.2) is 36.3 Å². The van der Waals surface area contributed by atoms with Crippen LogP contribution in [0.25, 0.3) is 0 Å². The van der Waals surface area contributed by atoms with E-state index < -0.39 is 6.36 Å². The minimum Gasteiger partial charge on any atom is -0.406 e. The van der Waals surface area contributed by atoms with Crippen LogP contribution < -0.4 is 10.1 Å². The number of hydrogen-bond acceptors (Lipinski definition) is 3. The summed E-state index contributed by atoms with van der Waals surface area (Å²) in [5.41, 5.74) is 0.737. The van der Waals surface area contributed by atoms with Gasteiger partial charge in [0.25, 0.3) is 0 Å². The monoisotopic (exact) mass is 344 g/mol. The van der Waals surface area contributed by atoms with Crippen molar-refractivity contribution in [2.24, 2.45) is 5.92 Å². The maximum Gasteiger partial charge on any atom is 0.573 e. The van der Waals surface area contributed by atoms with Gasteiger partial charge in [-0.15, -0.1) is 13.2 Å². The summed E-state index contributed by atoms with van der Waals surface area (Å²) < 4.78 is 40.8. The fourth-order valence-corrected chi connectivity index (χ4v) is 3.10. The quantitative estimate of drug-likeness (QED) is 0.891. The summed E-state index contributed by atoms with van der Waals surface area (Å²) in [5.74, 6) is 0.224. The van der Waals surface area contributed by atoms with Gasteiger partial charge in [-0.1, -0.05) is 25.5 Å². The number of nitrogens with one attached hydrogen (secondary N) is 1. The molecule has 2 atom stereocenters. The van der Waals surface area contributed by atoms with E-state index in [0.717, 1.165) is 24.9 Å². The highest BCUT2D eigenvalue weighted by molar-refractivity contribution is 5.73. The number of amides is 1. The summed E-state index contributed by atoms with van der Waals surface area (Å²) in [6.07, 6.45) is -2.89. The van der Waals surface area contributed by atoms with Gasteiger partial charge in [0.05, 0.1) is 0 Å². The number of halogens is 3. The maximum absolute atomic E-state index is 12.3. The first-order valence-corrected chi connectivity index (χ1v) is 8.12. The number of carbonyl (C=O) groups excluding carboxylic acids is 1. The van der Waals surface area contributed by atoms with E-state index in [-0.39, 0.29) is 17.7 Å². The Bertz CT molecular complexity index is 563. The number of likely N-dealkylation sites (tertiary alicyclic amines) is 1. The third-order valence-corrected chi connectivity index (χ3v) is 4.40. The average Bonchev–Trinajstić information content (AvgIpc) is 2.51. The zero-order valence-electron chi connectivity index (χ0n) is 13.9. The fourth-order valence-electron chi connectivity index (χ4n) is 3.10. The fraction of sp³-hybridized carbons (Fsp3) is 0.588. The van der Waals surface area contributed by atoms with Crippen molar-refractivity contribution in [3.8, 4) is 5.75 Å². The van der Waals surface area contributed by atoms with Crippen molar-refractivity contribution in [2.45, 2.75) is 45.6 Å². The predicted octanol–water partition coefficient (Wildman–Crippen LogP) is 3.32. The Kier molecular flexibility index (Phi) is 6.10. The van der Waals surface area contributed by atoms with Crippen LogP contribution in [0.3, 0.4) is 0 Å². The van der Waals surface area contributed by atoms with Crippen LogP contribution in [0.2, 0.25) is 0 Å². The smallest absolute Gasteiger partial charge is 0.406 e. The largest absolute Gasteiger partial charge is 0.573 e. The lowest BCUT2D eigenvalue weighted by molar-refractivity contribution is -0.274. The Morgan fingerprint density at radius 1 is 1.42 bits per heavy atom. The molecule has 1 saturated heterocycles. The molecule has 0 bridgehead atoms. The standard InChI is InChI=1S/C17H23F3N2O2/c1-3-14-11-22(12(2)23)8-7-16(14)21-10-13-5-4-6-15(9-13)24-17(18,19)20/h4-6,9,14,16,21H,3,7-8,10-11H2,1-2H3/t14-,16-/m1/s1. The molecule has 0 unspecified atom stereocenters. The minimum atomic E-state index is -4.68. The molecule has 1 aromatic carbocycles. The van der Waals surface area contributed by atoms with Crippen LogP contribution in [0.15, 0.2) is 24.3 Å². The highest BCUT2D eigenvalue weighted by atomic mass is 19.4. The first kappa shape index (κ1) is 18.6. The summed E-state index contributed by atoms with van der Waals surface area (Å²) in [4.78, 5) is 13.3. The molecule has 1 aliphatic rings. The number of rotatable bonds is 5. The van der Waals surface area contributed by atoms with E-state index in [9.17, 15) is 18.0 Å². The van der Waals surface area contributed by atoms with Crippen molar-refractivity contribution >= 4 is 5.91 Å². The van der Waals surface area contributed by atoms with Crippen LogP contribution in [-0.2, 0) is 11.3 Å². The molecule has 0 radical (unpaired) electrons. The van der Waals surface area contributed by atoms with Crippen molar-refractivity contribution in [2.75, 3.05) is 13.1 Å². The topological polar surface area (TPSA) is 41.6 Å². The third kappa shape index (κ3) is 5.40. The van der Waals surface area contributed by atoms with Crippen molar-refractivity contribution in [1.29, 1.82) is 0 Å². The van der Waals surface area contributed by atoms with Crippen molar-refractivity contribution in [3.63, 3.8) is 0 Å². The summed E-state index contributed by atoms with van der Waals surface area (Å²) in [7, 11) is 0. The van der Waals surface area contributed by atoms with E-state index >= 15 is 0 Å². The summed E-state index contributed by atoms with van der Waals surface area (Å²) in [5, 5.41) is 3.41. The molecule has 0 aliphatic carbocycles. The van der Waals surface area contributed by atoms with Crippen LogP contribution in [0.5, 0.6) is 5.75 Å². The first-order chi connectivity index (χ1) is 11.3. The molecule has 2 rings (SSSR count). The summed E-state index contributed by atoms with van der Waals surface area (Å²) in [6, 6.07) is 6.25. The number of ether oxygens (including phenoxy) is 1. The minimum absolute atomic E-state index is 0.0869. The van der Waals surface area contributed by atoms with Gasteiger partial charge in [0.15, 0.2) is 0 Å².